The molecule has 19 heavy (non-hydrogen) atoms. The molecule has 1 aromatic carbocycles. The lowest BCUT2D eigenvalue weighted by atomic mass is 10.2. The molecule has 0 aliphatic heterocycles. The second-order valence-corrected chi connectivity index (χ2v) is 5.08. The van der Waals surface area contributed by atoms with Gasteiger partial charge in [-0.1, -0.05) is 22.9 Å². The third kappa shape index (κ3) is 2.84. The molecule has 2 rings (SSSR count). The number of nitrogens with zero attached hydrogens (tertiary/aromatic N) is 2. The van der Waals surface area contributed by atoms with Gasteiger partial charge in [-0.25, -0.2) is 9.78 Å². The van der Waals surface area contributed by atoms with Crippen molar-refractivity contribution < 1.29 is 9.90 Å². The molecule has 0 bridgehead atoms. The molecule has 5 nitrogen and oxygen atoms in total. The Balaban J connectivity index is 2.29. The molecule has 0 unspecified atom stereocenters. The summed E-state index contributed by atoms with van der Waals surface area (Å²) < 4.78 is 0. The number of aromatic nitrogens is 1. The van der Waals surface area contributed by atoms with Gasteiger partial charge in [0.2, 0.25) is 0 Å². The normalized spacial score (nSPS) is 9.95. The first-order valence-electron chi connectivity index (χ1n) is 5.18. The van der Waals surface area contributed by atoms with Crippen LogP contribution in [0.1, 0.15) is 20.9 Å². The van der Waals surface area contributed by atoms with Crippen LogP contribution in [0.3, 0.4) is 0 Å². The number of carbonyl (C=O) groups is 1. The molecular weight excluding hydrogens is 286 g/mol. The molecule has 7 heteroatoms. The fourth-order valence-electron chi connectivity index (χ4n) is 1.45. The number of carboxylic acids is 1. The maximum absolute atomic E-state index is 10.9. The topological polar surface area (TPSA) is 86.0 Å². The molecule has 0 aliphatic carbocycles. The number of hydrogen-bond acceptors (Lipinski definition) is 5. The minimum Gasteiger partial charge on any atom is -0.477 e. The maximum Gasteiger partial charge on any atom is 0.347 e. The van der Waals surface area contributed by atoms with Gasteiger partial charge >= 0.3 is 5.97 Å². The highest BCUT2D eigenvalue weighted by atomic mass is 35.5. The summed E-state index contributed by atoms with van der Waals surface area (Å²) in [5, 5.41) is 21.5. The van der Waals surface area contributed by atoms with Gasteiger partial charge < -0.3 is 10.4 Å². The van der Waals surface area contributed by atoms with Gasteiger partial charge in [-0.2, -0.15) is 5.26 Å². The second-order valence-electron chi connectivity index (χ2n) is 3.67. The van der Waals surface area contributed by atoms with E-state index in [2.05, 4.69) is 10.3 Å². The van der Waals surface area contributed by atoms with E-state index in [1.165, 1.54) is 6.07 Å². The summed E-state index contributed by atoms with van der Waals surface area (Å²) in [5.41, 5.74) is 1.48. The second kappa shape index (κ2) is 5.26. The van der Waals surface area contributed by atoms with E-state index in [1.807, 2.05) is 6.07 Å². The number of aromatic carboxylic acids is 1. The number of carboxylic acid groups (broad SMARTS) is 1. The predicted molar refractivity (Wildman–Crippen MR) is 73.3 cm³/mol. The van der Waals surface area contributed by atoms with Gasteiger partial charge in [0.25, 0.3) is 0 Å². The van der Waals surface area contributed by atoms with Crippen molar-refractivity contribution in [1.29, 1.82) is 5.26 Å². The van der Waals surface area contributed by atoms with E-state index in [0.29, 0.717) is 27.1 Å². The van der Waals surface area contributed by atoms with Crippen LogP contribution >= 0.6 is 22.9 Å². The van der Waals surface area contributed by atoms with Crippen LogP contribution in [0.15, 0.2) is 18.2 Å². The number of anilines is 2. The van der Waals surface area contributed by atoms with Crippen molar-refractivity contribution in [3.8, 4) is 6.07 Å². The van der Waals surface area contributed by atoms with Crippen molar-refractivity contribution in [2.45, 2.75) is 6.92 Å². The number of nitrogens with one attached hydrogen (secondary N) is 1. The van der Waals surface area contributed by atoms with Gasteiger partial charge in [0, 0.05) is 0 Å². The highest BCUT2D eigenvalue weighted by Crippen LogP contribution is 2.30. The van der Waals surface area contributed by atoms with Crippen LogP contribution in [-0.2, 0) is 0 Å². The first-order chi connectivity index (χ1) is 9.01. The van der Waals surface area contributed by atoms with E-state index in [0.717, 1.165) is 11.3 Å². The zero-order valence-corrected chi connectivity index (χ0v) is 11.3. The van der Waals surface area contributed by atoms with Gasteiger partial charge in [-0.05, 0) is 25.1 Å². The number of halogens is 1. The first kappa shape index (κ1) is 13.3. The number of hydrogen-bond donors (Lipinski definition) is 2. The van der Waals surface area contributed by atoms with Crippen molar-refractivity contribution in [1.82, 2.24) is 4.98 Å². The number of rotatable bonds is 3. The molecule has 2 aromatic rings. The standard InChI is InChI=1S/C12H8ClN3O2S/c1-6-10(11(17)18)19-12(15-6)16-9-3-2-7(5-14)4-8(9)13/h2-4H,1H3,(H,15,16)(H,17,18). The Hall–Kier alpha value is -2.10. The average molecular weight is 294 g/mol. The first-order valence-corrected chi connectivity index (χ1v) is 6.38. The molecule has 0 amide bonds. The molecule has 0 fully saturated rings. The van der Waals surface area contributed by atoms with E-state index in [1.54, 1.807) is 19.1 Å². The van der Waals surface area contributed by atoms with Crippen LogP contribution in [0, 0.1) is 18.3 Å². The Morgan fingerprint density at radius 1 is 1.58 bits per heavy atom. The van der Waals surface area contributed by atoms with E-state index < -0.39 is 5.97 Å². The highest BCUT2D eigenvalue weighted by molar-refractivity contribution is 7.17. The minimum absolute atomic E-state index is 0.187. The summed E-state index contributed by atoms with van der Waals surface area (Å²) in [5.74, 6) is -1.01. The smallest absolute Gasteiger partial charge is 0.347 e. The highest BCUT2D eigenvalue weighted by Gasteiger charge is 2.14. The third-order valence-electron chi connectivity index (χ3n) is 2.33. The lowest BCUT2D eigenvalue weighted by Gasteiger charge is -2.04. The Morgan fingerprint density at radius 2 is 2.32 bits per heavy atom. The van der Waals surface area contributed by atoms with Crippen LogP contribution < -0.4 is 5.32 Å². The largest absolute Gasteiger partial charge is 0.477 e. The van der Waals surface area contributed by atoms with Gasteiger partial charge in [0.1, 0.15) is 4.88 Å². The van der Waals surface area contributed by atoms with Crippen LogP contribution in [-0.4, -0.2) is 16.1 Å². The Labute approximate surface area is 118 Å². The summed E-state index contributed by atoms with van der Waals surface area (Å²) in [7, 11) is 0. The lowest BCUT2D eigenvalue weighted by molar-refractivity contribution is 0.0701. The van der Waals surface area contributed by atoms with Crippen molar-refractivity contribution in [2.75, 3.05) is 5.32 Å². The molecule has 0 aliphatic rings. The summed E-state index contributed by atoms with van der Waals surface area (Å²) in [6.07, 6.45) is 0. The maximum atomic E-state index is 10.9. The minimum atomic E-state index is -1.01. The molecule has 96 valence electrons. The molecule has 0 atom stereocenters. The number of thiazole rings is 1. The lowest BCUT2D eigenvalue weighted by Crippen LogP contribution is -1.94. The fourth-order valence-corrected chi connectivity index (χ4v) is 2.49. The molecule has 1 heterocycles. The zero-order valence-electron chi connectivity index (χ0n) is 9.77. The van der Waals surface area contributed by atoms with Gasteiger partial charge in [0.05, 0.1) is 28.0 Å². The van der Waals surface area contributed by atoms with E-state index in [9.17, 15) is 4.79 Å². The van der Waals surface area contributed by atoms with Crippen LogP contribution in [0.25, 0.3) is 0 Å². The average Bonchev–Trinajstić information content (AvgIpc) is 2.73. The van der Waals surface area contributed by atoms with Crippen LogP contribution in [0.2, 0.25) is 5.02 Å². The number of aryl methyl sites for hydroxylation is 1. The molecule has 0 spiro atoms. The Morgan fingerprint density at radius 3 is 2.84 bits per heavy atom. The van der Waals surface area contributed by atoms with Crippen molar-refractivity contribution >= 4 is 39.7 Å². The number of nitriles is 1. The van der Waals surface area contributed by atoms with Gasteiger partial charge in [-0.15, -0.1) is 0 Å². The molecule has 2 N–H and O–H groups in total. The zero-order chi connectivity index (χ0) is 14.0. The Bertz CT molecular complexity index is 691. The quantitative estimate of drug-likeness (QED) is 0.905. The monoisotopic (exact) mass is 293 g/mol. The SMILES string of the molecule is Cc1nc(Nc2ccc(C#N)cc2Cl)sc1C(=O)O. The van der Waals surface area contributed by atoms with Crippen molar-refractivity contribution in [3.63, 3.8) is 0 Å². The summed E-state index contributed by atoms with van der Waals surface area (Å²) in [6.45, 7) is 1.63. The summed E-state index contributed by atoms with van der Waals surface area (Å²) in [6, 6.07) is 6.78. The predicted octanol–water partition coefficient (Wildman–Crippen LogP) is 3.42. The molecule has 0 radical (unpaired) electrons. The molecule has 0 saturated carbocycles. The molecule has 0 saturated heterocycles. The van der Waals surface area contributed by atoms with Gasteiger partial charge in [0.15, 0.2) is 5.13 Å². The summed E-state index contributed by atoms with van der Waals surface area (Å²) >= 11 is 7.05. The fraction of sp³-hybridized carbons (Fsp3) is 0.0833. The van der Waals surface area contributed by atoms with Crippen LogP contribution in [0.4, 0.5) is 10.8 Å². The van der Waals surface area contributed by atoms with Crippen molar-refractivity contribution in [2.24, 2.45) is 0 Å². The van der Waals surface area contributed by atoms with E-state index >= 15 is 0 Å². The molecule has 1 aromatic heterocycles. The van der Waals surface area contributed by atoms with Crippen molar-refractivity contribution in [3.05, 3.63) is 39.4 Å². The molecular formula is C12H8ClN3O2S. The van der Waals surface area contributed by atoms with Crippen LogP contribution in [0.5, 0.6) is 0 Å². The Kier molecular flexibility index (Phi) is 3.69. The third-order valence-corrected chi connectivity index (χ3v) is 3.70. The van der Waals surface area contributed by atoms with E-state index in [-0.39, 0.29) is 4.88 Å². The summed E-state index contributed by atoms with van der Waals surface area (Å²) in [4.78, 5) is 15.2. The van der Waals surface area contributed by atoms with Gasteiger partial charge in [-0.3, -0.25) is 0 Å². The van der Waals surface area contributed by atoms with E-state index in [4.69, 9.17) is 22.0 Å². The number of benzene rings is 1.